The lowest BCUT2D eigenvalue weighted by Gasteiger charge is -2.34. The summed E-state index contributed by atoms with van der Waals surface area (Å²) in [6.07, 6.45) is 2.81. The van der Waals surface area contributed by atoms with Gasteiger partial charge in [-0.1, -0.05) is 24.3 Å². The van der Waals surface area contributed by atoms with Gasteiger partial charge in [-0.2, -0.15) is 0 Å². The Labute approximate surface area is 180 Å². The summed E-state index contributed by atoms with van der Waals surface area (Å²) in [4.78, 5) is 31.7. The molecule has 0 aliphatic carbocycles. The average Bonchev–Trinajstić information content (AvgIpc) is 3.22. The van der Waals surface area contributed by atoms with E-state index < -0.39 is 12.1 Å². The molecule has 0 radical (unpaired) electrons. The van der Waals surface area contributed by atoms with Crippen molar-refractivity contribution in [3.63, 3.8) is 0 Å². The number of hydrogen-bond acceptors (Lipinski definition) is 5. The average molecular weight is 416 g/mol. The van der Waals surface area contributed by atoms with Gasteiger partial charge in [0.05, 0.1) is 5.52 Å². The quantitative estimate of drug-likeness (QED) is 0.589. The molecule has 0 bridgehead atoms. The fourth-order valence-corrected chi connectivity index (χ4v) is 4.51. The molecule has 3 aromatic rings. The Morgan fingerprint density at radius 1 is 1.10 bits per heavy atom. The Morgan fingerprint density at radius 3 is 2.74 bits per heavy atom. The molecule has 7 heteroatoms. The van der Waals surface area contributed by atoms with Gasteiger partial charge < -0.3 is 20.6 Å². The first-order chi connectivity index (χ1) is 15.1. The monoisotopic (exact) mass is 416 g/mol. The van der Waals surface area contributed by atoms with E-state index in [-0.39, 0.29) is 23.6 Å². The number of aromatic nitrogens is 1. The number of pyridine rings is 1. The highest BCUT2D eigenvalue weighted by Gasteiger charge is 2.46. The predicted molar refractivity (Wildman–Crippen MR) is 116 cm³/mol. The van der Waals surface area contributed by atoms with Crippen molar-refractivity contribution >= 4 is 22.7 Å². The Kier molecular flexibility index (Phi) is 5.03. The maximum atomic E-state index is 13.0. The SMILES string of the molecule is O=C1N[C@H](Cc2ccc(O)cc2)C(=O)N2C[C@@H](NCc3ccc4ncccc4c3)C[C@@H]12. The minimum Gasteiger partial charge on any atom is -0.508 e. The number of carbonyl (C=O) groups is 2. The number of hydrogen-bond donors (Lipinski definition) is 3. The number of nitrogens with one attached hydrogen (secondary N) is 2. The molecule has 1 aromatic heterocycles. The van der Waals surface area contributed by atoms with Gasteiger partial charge >= 0.3 is 0 Å². The molecular formula is C24H24N4O3. The molecule has 3 atom stereocenters. The fourth-order valence-electron chi connectivity index (χ4n) is 4.51. The maximum absolute atomic E-state index is 13.0. The zero-order valence-electron chi connectivity index (χ0n) is 17.0. The largest absolute Gasteiger partial charge is 0.508 e. The van der Waals surface area contributed by atoms with E-state index in [2.05, 4.69) is 27.8 Å². The Morgan fingerprint density at radius 2 is 1.90 bits per heavy atom. The van der Waals surface area contributed by atoms with Crippen molar-refractivity contribution in [1.82, 2.24) is 20.5 Å². The van der Waals surface area contributed by atoms with Crippen LogP contribution in [0.2, 0.25) is 0 Å². The van der Waals surface area contributed by atoms with Crippen LogP contribution in [0, 0.1) is 0 Å². The maximum Gasteiger partial charge on any atom is 0.246 e. The molecule has 2 saturated heterocycles. The molecule has 5 rings (SSSR count). The first kappa shape index (κ1) is 19.5. The van der Waals surface area contributed by atoms with Crippen LogP contribution in [0.1, 0.15) is 17.5 Å². The number of aromatic hydroxyl groups is 1. The van der Waals surface area contributed by atoms with Crippen LogP contribution in [0.25, 0.3) is 10.9 Å². The lowest BCUT2D eigenvalue weighted by molar-refractivity contribution is -0.147. The molecule has 7 nitrogen and oxygen atoms in total. The molecule has 31 heavy (non-hydrogen) atoms. The Bertz CT molecular complexity index is 1130. The summed E-state index contributed by atoms with van der Waals surface area (Å²) in [6, 6.07) is 15.9. The highest BCUT2D eigenvalue weighted by Crippen LogP contribution is 2.25. The minimum absolute atomic E-state index is 0.0428. The number of phenols is 1. The smallest absolute Gasteiger partial charge is 0.246 e. The molecule has 158 valence electrons. The van der Waals surface area contributed by atoms with Crippen LogP contribution in [-0.4, -0.2) is 51.5 Å². The molecule has 0 saturated carbocycles. The second-order valence-corrected chi connectivity index (χ2v) is 8.28. The van der Waals surface area contributed by atoms with Crippen LogP contribution in [-0.2, 0) is 22.6 Å². The Balaban J connectivity index is 1.23. The van der Waals surface area contributed by atoms with Crippen molar-refractivity contribution in [1.29, 1.82) is 0 Å². The summed E-state index contributed by atoms with van der Waals surface area (Å²) >= 11 is 0. The Hall–Kier alpha value is -3.45. The van der Waals surface area contributed by atoms with Gasteiger partial charge in [0.1, 0.15) is 17.8 Å². The number of piperazine rings is 1. The third-order valence-electron chi connectivity index (χ3n) is 6.14. The first-order valence-corrected chi connectivity index (χ1v) is 10.5. The topological polar surface area (TPSA) is 94.6 Å². The number of fused-ring (bicyclic) bond motifs is 2. The van der Waals surface area contributed by atoms with Crippen LogP contribution in [0.3, 0.4) is 0 Å². The highest BCUT2D eigenvalue weighted by atomic mass is 16.3. The van der Waals surface area contributed by atoms with Crippen molar-refractivity contribution in [3.05, 3.63) is 71.9 Å². The van der Waals surface area contributed by atoms with Gasteiger partial charge in [0.2, 0.25) is 11.8 Å². The van der Waals surface area contributed by atoms with Gasteiger partial charge in [0, 0.05) is 37.1 Å². The summed E-state index contributed by atoms with van der Waals surface area (Å²) in [5, 5.41) is 16.9. The van der Waals surface area contributed by atoms with Crippen LogP contribution in [0.15, 0.2) is 60.8 Å². The number of carbonyl (C=O) groups excluding carboxylic acids is 2. The number of rotatable bonds is 5. The van der Waals surface area contributed by atoms with Gasteiger partial charge in [0.25, 0.3) is 0 Å². The number of benzene rings is 2. The fraction of sp³-hybridized carbons (Fsp3) is 0.292. The van der Waals surface area contributed by atoms with Crippen molar-refractivity contribution in [3.8, 4) is 5.75 Å². The van der Waals surface area contributed by atoms with E-state index in [0.29, 0.717) is 25.9 Å². The van der Waals surface area contributed by atoms with E-state index in [1.165, 1.54) is 0 Å². The zero-order chi connectivity index (χ0) is 21.4. The number of phenolic OH excluding ortho intramolecular Hbond substituents is 1. The van der Waals surface area contributed by atoms with E-state index in [1.807, 2.05) is 18.2 Å². The van der Waals surface area contributed by atoms with Gasteiger partial charge in [0.15, 0.2) is 0 Å². The van der Waals surface area contributed by atoms with E-state index >= 15 is 0 Å². The second kappa shape index (κ2) is 8.00. The van der Waals surface area contributed by atoms with Crippen molar-refractivity contribution in [2.75, 3.05) is 6.54 Å². The third kappa shape index (κ3) is 3.96. The van der Waals surface area contributed by atoms with E-state index in [9.17, 15) is 14.7 Å². The molecule has 3 heterocycles. The summed E-state index contributed by atoms with van der Waals surface area (Å²) in [7, 11) is 0. The standard InChI is InChI=1S/C24H24N4O3/c29-19-6-3-15(4-7-19)11-21-24(31)28-14-18(12-22(28)23(30)27-21)26-13-16-5-8-20-17(10-16)2-1-9-25-20/h1-10,18,21-22,26,29H,11-14H2,(H,27,30)/t18-,21+,22-/m0/s1. The summed E-state index contributed by atoms with van der Waals surface area (Å²) in [5.74, 6) is 0.0437. The highest BCUT2D eigenvalue weighted by molar-refractivity contribution is 5.97. The van der Waals surface area contributed by atoms with Crippen LogP contribution in [0.4, 0.5) is 0 Å². The van der Waals surface area contributed by atoms with Crippen LogP contribution >= 0.6 is 0 Å². The molecule has 2 aliphatic heterocycles. The van der Waals surface area contributed by atoms with Gasteiger partial charge in [-0.25, -0.2) is 0 Å². The van der Waals surface area contributed by atoms with Crippen LogP contribution in [0.5, 0.6) is 5.75 Å². The van der Waals surface area contributed by atoms with Crippen molar-refractivity contribution in [2.45, 2.75) is 37.5 Å². The van der Waals surface area contributed by atoms with Gasteiger partial charge in [-0.05, 0) is 47.9 Å². The number of nitrogens with zero attached hydrogens (tertiary/aromatic N) is 2. The van der Waals surface area contributed by atoms with E-state index in [4.69, 9.17) is 0 Å². The molecule has 2 aliphatic rings. The molecule has 0 spiro atoms. The zero-order valence-corrected chi connectivity index (χ0v) is 17.0. The van der Waals surface area contributed by atoms with E-state index in [1.54, 1.807) is 35.4 Å². The van der Waals surface area contributed by atoms with E-state index in [0.717, 1.165) is 22.0 Å². The minimum atomic E-state index is -0.569. The van der Waals surface area contributed by atoms with Crippen LogP contribution < -0.4 is 10.6 Å². The predicted octanol–water partition coefficient (Wildman–Crippen LogP) is 1.74. The molecule has 2 amide bonds. The lowest BCUT2D eigenvalue weighted by atomic mass is 10.0. The molecular weight excluding hydrogens is 392 g/mol. The summed E-state index contributed by atoms with van der Waals surface area (Å²) in [6.45, 7) is 1.20. The summed E-state index contributed by atoms with van der Waals surface area (Å²) in [5.41, 5.74) is 3.01. The third-order valence-corrected chi connectivity index (χ3v) is 6.14. The second-order valence-electron chi connectivity index (χ2n) is 8.28. The molecule has 3 N–H and O–H groups in total. The first-order valence-electron chi connectivity index (χ1n) is 10.5. The normalized spacial score (nSPS) is 23.1. The van der Waals surface area contributed by atoms with Crippen molar-refractivity contribution in [2.24, 2.45) is 0 Å². The molecule has 0 unspecified atom stereocenters. The van der Waals surface area contributed by atoms with Gasteiger partial charge in [-0.15, -0.1) is 0 Å². The lowest BCUT2D eigenvalue weighted by Crippen LogP contribution is -2.61. The number of amides is 2. The molecule has 2 aromatic carbocycles. The summed E-state index contributed by atoms with van der Waals surface area (Å²) < 4.78 is 0. The molecule has 2 fully saturated rings. The van der Waals surface area contributed by atoms with Crippen molar-refractivity contribution < 1.29 is 14.7 Å². The van der Waals surface area contributed by atoms with Gasteiger partial charge in [-0.3, -0.25) is 14.6 Å².